The Bertz CT molecular complexity index is 811. The summed E-state index contributed by atoms with van der Waals surface area (Å²) in [6.07, 6.45) is 1.64. The quantitative estimate of drug-likeness (QED) is 0.831. The van der Waals surface area contributed by atoms with E-state index >= 15 is 0 Å². The number of carbonyl (C=O) groups excluding carboxylic acids is 1. The van der Waals surface area contributed by atoms with Crippen molar-refractivity contribution in [1.82, 2.24) is 10.2 Å². The third kappa shape index (κ3) is 4.02. The summed E-state index contributed by atoms with van der Waals surface area (Å²) in [4.78, 5) is 17.2. The molecular weight excluding hydrogens is 360 g/mol. The summed E-state index contributed by atoms with van der Waals surface area (Å²) in [6, 6.07) is 12.9. The molecule has 2 aromatic rings. The molecule has 2 aliphatic rings. The average molecular weight is 385 g/mol. The molecule has 2 aromatic carbocycles. The second-order valence-electron chi connectivity index (χ2n) is 7.65. The first kappa shape index (κ1) is 18.9. The van der Waals surface area contributed by atoms with Gasteiger partial charge in [0.05, 0.1) is 5.41 Å². The molecule has 148 valence electrons. The number of piperazine rings is 1. The topological polar surface area (TPSA) is 35.6 Å². The monoisotopic (exact) mass is 385 g/mol. The number of hydrogen-bond acceptors (Lipinski definition) is 3. The number of halogens is 2. The van der Waals surface area contributed by atoms with Crippen molar-refractivity contribution in [2.24, 2.45) is 0 Å². The average Bonchev–Trinajstić information content (AvgIpc) is 3.52. The van der Waals surface area contributed by atoms with Crippen molar-refractivity contribution in [3.05, 3.63) is 65.7 Å². The molecule has 0 spiro atoms. The van der Waals surface area contributed by atoms with Gasteiger partial charge in [-0.15, -0.1) is 0 Å². The molecule has 1 heterocycles. The zero-order valence-electron chi connectivity index (χ0n) is 15.8. The summed E-state index contributed by atoms with van der Waals surface area (Å²) >= 11 is 0. The van der Waals surface area contributed by atoms with E-state index in [1.54, 1.807) is 12.1 Å². The minimum atomic E-state index is -0.463. The third-order valence-electron chi connectivity index (χ3n) is 5.86. The minimum Gasteiger partial charge on any atom is -0.369 e. The van der Waals surface area contributed by atoms with Crippen molar-refractivity contribution < 1.29 is 13.6 Å². The van der Waals surface area contributed by atoms with Crippen LogP contribution in [-0.4, -0.2) is 50.1 Å². The SMILES string of the molecule is O=C(NCCN1CCN(c2ccc(F)cc2)CC1)C1(c2ccc(F)cc2)CC1. The van der Waals surface area contributed by atoms with Gasteiger partial charge in [0.1, 0.15) is 11.6 Å². The molecule has 1 aliphatic carbocycles. The van der Waals surface area contributed by atoms with Gasteiger partial charge in [0.15, 0.2) is 0 Å². The Morgan fingerprint density at radius 2 is 1.46 bits per heavy atom. The molecule has 1 N–H and O–H groups in total. The molecule has 4 rings (SSSR count). The summed E-state index contributed by atoms with van der Waals surface area (Å²) < 4.78 is 26.2. The smallest absolute Gasteiger partial charge is 0.230 e. The predicted molar refractivity (Wildman–Crippen MR) is 105 cm³/mol. The molecular formula is C22H25F2N3O. The fraction of sp³-hybridized carbons (Fsp3) is 0.409. The maximum atomic E-state index is 13.1. The second kappa shape index (κ2) is 7.87. The Labute approximate surface area is 164 Å². The molecule has 0 aromatic heterocycles. The van der Waals surface area contributed by atoms with Gasteiger partial charge in [0.2, 0.25) is 5.91 Å². The molecule has 0 unspecified atom stereocenters. The maximum absolute atomic E-state index is 13.1. The number of nitrogens with zero attached hydrogens (tertiary/aromatic N) is 2. The largest absolute Gasteiger partial charge is 0.369 e. The number of nitrogens with one attached hydrogen (secondary N) is 1. The van der Waals surface area contributed by atoms with Gasteiger partial charge in [-0.2, -0.15) is 0 Å². The van der Waals surface area contributed by atoms with E-state index in [-0.39, 0.29) is 17.5 Å². The number of anilines is 1. The molecule has 1 saturated carbocycles. The van der Waals surface area contributed by atoms with E-state index in [4.69, 9.17) is 0 Å². The highest BCUT2D eigenvalue weighted by Gasteiger charge is 2.51. The lowest BCUT2D eigenvalue weighted by Crippen LogP contribution is -2.49. The minimum absolute atomic E-state index is 0.0454. The highest BCUT2D eigenvalue weighted by molar-refractivity contribution is 5.91. The van der Waals surface area contributed by atoms with E-state index in [2.05, 4.69) is 15.1 Å². The second-order valence-corrected chi connectivity index (χ2v) is 7.65. The zero-order chi connectivity index (χ0) is 19.6. The van der Waals surface area contributed by atoms with Crippen molar-refractivity contribution in [2.45, 2.75) is 18.3 Å². The Morgan fingerprint density at radius 1 is 0.893 bits per heavy atom. The fourth-order valence-corrected chi connectivity index (χ4v) is 3.92. The van der Waals surface area contributed by atoms with E-state index in [1.165, 1.54) is 24.3 Å². The molecule has 0 bridgehead atoms. The van der Waals surface area contributed by atoms with Crippen molar-refractivity contribution in [2.75, 3.05) is 44.2 Å². The van der Waals surface area contributed by atoms with E-state index in [1.807, 2.05) is 12.1 Å². The lowest BCUT2D eigenvalue weighted by molar-refractivity contribution is -0.123. The number of amides is 1. The van der Waals surface area contributed by atoms with Gasteiger partial charge in [-0.05, 0) is 54.8 Å². The van der Waals surface area contributed by atoms with Crippen LogP contribution in [0.4, 0.5) is 14.5 Å². The molecule has 1 amide bonds. The van der Waals surface area contributed by atoms with Crippen LogP contribution in [0, 0.1) is 11.6 Å². The molecule has 6 heteroatoms. The number of hydrogen-bond donors (Lipinski definition) is 1. The van der Waals surface area contributed by atoms with Gasteiger partial charge < -0.3 is 10.2 Å². The Morgan fingerprint density at radius 3 is 2.04 bits per heavy atom. The fourth-order valence-electron chi connectivity index (χ4n) is 3.92. The van der Waals surface area contributed by atoms with E-state index in [9.17, 15) is 13.6 Å². The van der Waals surface area contributed by atoms with E-state index in [0.29, 0.717) is 6.54 Å². The summed E-state index contributed by atoms with van der Waals surface area (Å²) in [5.74, 6) is -0.448. The Hall–Kier alpha value is -2.47. The zero-order valence-corrected chi connectivity index (χ0v) is 15.8. The van der Waals surface area contributed by atoms with Crippen molar-refractivity contribution in [1.29, 1.82) is 0 Å². The van der Waals surface area contributed by atoms with Crippen molar-refractivity contribution >= 4 is 11.6 Å². The number of rotatable bonds is 6. The van der Waals surface area contributed by atoms with Crippen LogP contribution in [-0.2, 0) is 10.2 Å². The van der Waals surface area contributed by atoms with Gasteiger partial charge >= 0.3 is 0 Å². The summed E-state index contributed by atoms with van der Waals surface area (Å²) in [7, 11) is 0. The summed E-state index contributed by atoms with van der Waals surface area (Å²) in [5.41, 5.74) is 1.48. The Kier molecular flexibility index (Phi) is 5.31. The van der Waals surface area contributed by atoms with Crippen molar-refractivity contribution in [3.8, 4) is 0 Å². The first-order chi connectivity index (χ1) is 13.6. The molecule has 0 radical (unpaired) electrons. The van der Waals surface area contributed by atoms with Gasteiger partial charge in [-0.1, -0.05) is 12.1 Å². The van der Waals surface area contributed by atoms with Crippen LogP contribution in [0.15, 0.2) is 48.5 Å². The van der Waals surface area contributed by atoms with Crippen LogP contribution >= 0.6 is 0 Å². The molecule has 4 nitrogen and oxygen atoms in total. The summed E-state index contributed by atoms with van der Waals surface area (Å²) in [5, 5.41) is 3.07. The normalized spacial score (nSPS) is 18.7. The number of benzene rings is 2. The van der Waals surface area contributed by atoms with Gasteiger partial charge in [0, 0.05) is 45.0 Å². The number of carbonyl (C=O) groups is 1. The molecule has 2 fully saturated rings. The molecule has 1 saturated heterocycles. The van der Waals surface area contributed by atoms with Crippen molar-refractivity contribution in [3.63, 3.8) is 0 Å². The van der Waals surface area contributed by atoms with Crippen LogP contribution in [0.2, 0.25) is 0 Å². The van der Waals surface area contributed by atoms with Gasteiger partial charge in [0.25, 0.3) is 0 Å². The lowest BCUT2D eigenvalue weighted by Gasteiger charge is -2.36. The maximum Gasteiger partial charge on any atom is 0.230 e. The molecule has 0 atom stereocenters. The predicted octanol–water partition coefficient (Wildman–Crippen LogP) is 2.93. The van der Waals surface area contributed by atoms with Gasteiger partial charge in [-0.25, -0.2) is 8.78 Å². The Balaban J connectivity index is 1.22. The van der Waals surface area contributed by atoms with Crippen LogP contribution in [0.5, 0.6) is 0 Å². The molecule has 1 aliphatic heterocycles. The third-order valence-corrected chi connectivity index (χ3v) is 5.86. The summed E-state index contributed by atoms with van der Waals surface area (Å²) in [6.45, 7) is 5.02. The van der Waals surface area contributed by atoms with E-state index < -0.39 is 5.41 Å². The van der Waals surface area contributed by atoms with Crippen LogP contribution in [0.25, 0.3) is 0 Å². The highest BCUT2D eigenvalue weighted by atomic mass is 19.1. The van der Waals surface area contributed by atoms with Crippen LogP contribution in [0.3, 0.4) is 0 Å². The van der Waals surface area contributed by atoms with Crippen LogP contribution < -0.4 is 10.2 Å². The van der Waals surface area contributed by atoms with Crippen LogP contribution in [0.1, 0.15) is 18.4 Å². The standard InChI is InChI=1S/C22H25F2N3O/c23-18-3-1-17(2-4-18)22(9-10-22)21(28)25-11-12-26-13-15-27(16-14-26)20-7-5-19(24)6-8-20/h1-8H,9-16H2,(H,25,28). The van der Waals surface area contributed by atoms with E-state index in [0.717, 1.165) is 56.8 Å². The lowest BCUT2D eigenvalue weighted by atomic mass is 9.95. The first-order valence-corrected chi connectivity index (χ1v) is 9.84. The highest BCUT2D eigenvalue weighted by Crippen LogP contribution is 2.48. The molecule has 28 heavy (non-hydrogen) atoms. The van der Waals surface area contributed by atoms with Gasteiger partial charge in [-0.3, -0.25) is 9.69 Å². The first-order valence-electron chi connectivity index (χ1n) is 9.84.